The predicted molar refractivity (Wildman–Crippen MR) is 85.2 cm³/mol. The number of carboxylic acid groups (broad SMARTS) is 1. The van der Waals surface area contributed by atoms with Gasteiger partial charge in [0, 0.05) is 17.3 Å². The number of ether oxygens (including phenoxy) is 1. The Morgan fingerprint density at radius 2 is 2.12 bits per heavy atom. The molecule has 6 heteroatoms. The summed E-state index contributed by atoms with van der Waals surface area (Å²) in [5, 5.41) is 31.3. The highest BCUT2D eigenvalue weighted by atomic mass is 16.6. The van der Waals surface area contributed by atoms with Crippen LogP contribution < -0.4 is 0 Å². The fourth-order valence-corrected chi connectivity index (χ4v) is 6.95. The molecule has 25 heavy (non-hydrogen) atoms. The van der Waals surface area contributed by atoms with Crippen LogP contribution in [0.2, 0.25) is 0 Å². The SMILES string of the molecule is C=C1CC23CC1C(O)C=C2C12CCC(O)C(C)(C(=O)O1)C2C3C(=O)O. The van der Waals surface area contributed by atoms with Crippen molar-refractivity contribution in [3.05, 3.63) is 23.8 Å². The normalized spacial score (nSPS) is 55.5. The molecule has 0 aromatic rings. The number of rotatable bonds is 1. The average molecular weight is 346 g/mol. The van der Waals surface area contributed by atoms with Crippen LogP contribution in [0.25, 0.3) is 0 Å². The molecule has 3 N–H and O–H groups in total. The van der Waals surface area contributed by atoms with Crippen molar-refractivity contribution < 1.29 is 29.6 Å². The molecule has 1 spiro atoms. The number of carboxylic acids is 1. The van der Waals surface area contributed by atoms with E-state index >= 15 is 0 Å². The van der Waals surface area contributed by atoms with Crippen molar-refractivity contribution in [2.24, 2.45) is 28.6 Å². The summed E-state index contributed by atoms with van der Waals surface area (Å²) in [5.41, 5.74) is -1.26. The smallest absolute Gasteiger partial charge is 0.315 e. The molecule has 4 bridgehead atoms. The monoisotopic (exact) mass is 346 g/mol. The summed E-state index contributed by atoms with van der Waals surface area (Å²) in [6.07, 6.45) is 1.92. The highest BCUT2D eigenvalue weighted by Crippen LogP contribution is 2.76. The molecule has 0 aromatic heterocycles. The van der Waals surface area contributed by atoms with E-state index < -0.39 is 52.4 Å². The van der Waals surface area contributed by atoms with Gasteiger partial charge in [-0.3, -0.25) is 9.59 Å². The minimum Gasteiger partial charge on any atom is -0.481 e. The quantitative estimate of drug-likeness (QED) is 0.484. The van der Waals surface area contributed by atoms with E-state index in [-0.39, 0.29) is 5.92 Å². The van der Waals surface area contributed by atoms with Crippen molar-refractivity contribution in [3.63, 3.8) is 0 Å². The first kappa shape index (κ1) is 15.6. The van der Waals surface area contributed by atoms with E-state index in [2.05, 4.69) is 6.58 Å². The van der Waals surface area contributed by atoms with E-state index in [1.54, 1.807) is 13.0 Å². The molecule has 0 radical (unpaired) electrons. The number of hydrogen-bond donors (Lipinski definition) is 3. The number of hydrogen-bond acceptors (Lipinski definition) is 5. The standard InChI is InChI=1S/C19H22O6/c1-8-6-18-7-9(8)10(20)5-11(18)19-4-3-12(21)17(2,16(24)25-19)14(19)13(18)15(22)23/h5,9-10,12-14,20-21H,1,3-4,6-7H2,2H3,(H,22,23). The van der Waals surface area contributed by atoms with Gasteiger partial charge in [0.1, 0.15) is 5.60 Å². The van der Waals surface area contributed by atoms with Gasteiger partial charge < -0.3 is 20.1 Å². The van der Waals surface area contributed by atoms with Crippen molar-refractivity contribution in [3.8, 4) is 0 Å². The number of aliphatic hydroxyl groups is 2. The second kappa shape index (κ2) is 4.18. The summed E-state index contributed by atoms with van der Waals surface area (Å²) in [6, 6.07) is 0. The molecular formula is C19H22O6. The summed E-state index contributed by atoms with van der Waals surface area (Å²) in [4.78, 5) is 25.1. The number of aliphatic hydroxyl groups excluding tert-OH is 2. The van der Waals surface area contributed by atoms with E-state index in [4.69, 9.17) is 4.74 Å². The molecule has 5 aliphatic rings. The van der Waals surface area contributed by atoms with Crippen molar-refractivity contribution >= 4 is 11.9 Å². The molecule has 4 fully saturated rings. The fraction of sp³-hybridized carbons (Fsp3) is 0.684. The second-order valence-corrected chi connectivity index (χ2v) is 8.78. The Labute approximate surface area is 145 Å². The molecule has 8 atom stereocenters. The number of carbonyl (C=O) groups is 2. The van der Waals surface area contributed by atoms with Crippen LogP contribution >= 0.6 is 0 Å². The first-order valence-corrected chi connectivity index (χ1v) is 8.91. The van der Waals surface area contributed by atoms with Crippen LogP contribution in [0.4, 0.5) is 0 Å². The largest absolute Gasteiger partial charge is 0.481 e. The summed E-state index contributed by atoms with van der Waals surface area (Å²) >= 11 is 0. The van der Waals surface area contributed by atoms with Gasteiger partial charge >= 0.3 is 11.9 Å². The molecular weight excluding hydrogens is 324 g/mol. The average Bonchev–Trinajstić information content (AvgIpc) is 3.02. The minimum atomic E-state index is -1.22. The summed E-state index contributed by atoms with van der Waals surface area (Å²) < 4.78 is 5.88. The van der Waals surface area contributed by atoms with Crippen LogP contribution in [0.15, 0.2) is 23.8 Å². The lowest BCUT2D eigenvalue weighted by atomic mass is 9.59. The van der Waals surface area contributed by atoms with Crippen molar-refractivity contribution in [1.29, 1.82) is 0 Å². The maximum absolute atomic E-state index is 12.7. The lowest BCUT2D eigenvalue weighted by molar-refractivity contribution is -0.157. The lowest BCUT2D eigenvalue weighted by Gasteiger charge is -2.42. The molecule has 134 valence electrons. The van der Waals surface area contributed by atoms with Gasteiger partial charge in [-0.2, -0.15) is 0 Å². The molecule has 5 rings (SSSR count). The number of esters is 1. The van der Waals surface area contributed by atoms with Gasteiger partial charge in [0.25, 0.3) is 0 Å². The molecule has 3 saturated carbocycles. The molecule has 1 saturated heterocycles. The van der Waals surface area contributed by atoms with E-state index in [1.807, 2.05) is 0 Å². The Bertz CT molecular complexity index is 770. The first-order valence-electron chi connectivity index (χ1n) is 8.91. The fourth-order valence-electron chi connectivity index (χ4n) is 6.95. The molecule has 8 unspecified atom stereocenters. The number of fused-ring (bicyclic) bond motifs is 1. The van der Waals surface area contributed by atoms with Gasteiger partial charge in [-0.05, 0) is 38.2 Å². The summed E-state index contributed by atoms with van der Waals surface area (Å²) in [5.74, 6) is -3.05. The maximum atomic E-state index is 12.7. The van der Waals surface area contributed by atoms with E-state index in [0.29, 0.717) is 25.7 Å². The van der Waals surface area contributed by atoms with Crippen LogP contribution in [0.5, 0.6) is 0 Å². The van der Waals surface area contributed by atoms with Gasteiger partial charge in [0.15, 0.2) is 0 Å². The minimum absolute atomic E-state index is 0.144. The molecule has 1 aliphatic heterocycles. The van der Waals surface area contributed by atoms with Crippen LogP contribution in [-0.4, -0.2) is 45.1 Å². The van der Waals surface area contributed by atoms with Crippen molar-refractivity contribution in [2.45, 2.75) is 50.4 Å². The van der Waals surface area contributed by atoms with Gasteiger partial charge in [0.05, 0.1) is 23.5 Å². The molecule has 0 aromatic carbocycles. The van der Waals surface area contributed by atoms with Crippen LogP contribution in [-0.2, 0) is 14.3 Å². The van der Waals surface area contributed by atoms with Gasteiger partial charge in [-0.1, -0.05) is 18.2 Å². The second-order valence-electron chi connectivity index (χ2n) is 8.78. The number of aliphatic carboxylic acids is 1. The zero-order valence-corrected chi connectivity index (χ0v) is 14.1. The van der Waals surface area contributed by atoms with Gasteiger partial charge in [-0.25, -0.2) is 0 Å². The van der Waals surface area contributed by atoms with Gasteiger partial charge in [-0.15, -0.1) is 0 Å². The Hall–Kier alpha value is -1.66. The third-order valence-electron chi connectivity index (χ3n) is 7.93. The summed E-state index contributed by atoms with van der Waals surface area (Å²) in [7, 11) is 0. The lowest BCUT2D eigenvalue weighted by Crippen LogP contribution is -2.52. The zero-order valence-electron chi connectivity index (χ0n) is 14.1. The predicted octanol–water partition coefficient (Wildman–Crippen LogP) is 1.03. The molecule has 0 amide bonds. The van der Waals surface area contributed by atoms with Crippen LogP contribution in [0.3, 0.4) is 0 Å². The van der Waals surface area contributed by atoms with Crippen LogP contribution in [0, 0.1) is 28.6 Å². The first-order chi connectivity index (χ1) is 11.7. The topological polar surface area (TPSA) is 104 Å². The van der Waals surface area contributed by atoms with E-state index in [1.165, 1.54) is 0 Å². The summed E-state index contributed by atoms with van der Waals surface area (Å²) in [6.45, 7) is 5.72. The Morgan fingerprint density at radius 1 is 1.40 bits per heavy atom. The maximum Gasteiger partial charge on any atom is 0.315 e. The zero-order chi connectivity index (χ0) is 17.9. The molecule has 6 nitrogen and oxygen atoms in total. The Kier molecular flexibility index (Phi) is 2.60. The highest BCUT2D eigenvalue weighted by Gasteiger charge is 2.81. The Balaban J connectivity index is 1.81. The molecule has 1 heterocycles. The third kappa shape index (κ3) is 1.40. The van der Waals surface area contributed by atoms with E-state index in [9.17, 15) is 24.9 Å². The molecule has 4 aliphatic carbocycles. The van der Waals surface area contributed by atoms with E-state index in [0.717, 1.165) is 11.1 Å². The van der Waals surface area contributed by atoms with Crippen molar-refractivity contribution in [1.82, 2.24) is 0 Å². The third-order valence-corrected chi connectivity index (χ3v) is 7.93. The highest BCUT2D eigenvalue weighted by molar-refractivity contribution is 5.87. The van der Waals surface area contributed by atoms with Crippen molar-refractivity contribution in [2.75, 3.05) is 0 Å². The number of carbonyl (C=O) groups excluding carboxylic acids is 1. The Morgan fingerprint density at radius 3 is 2.80 bits per heavy atom. The van der Waals surface area contributed by atoms with Gasteiger partial charge in [0.2, 0.25) is 0 Å². The van der Waals surface area contributed by atoms with Crippen LogP contribution in [0.1, 0.15) is 32.6 Å².